The first-order valence-corrected chi connectivity index (χ1v) is 6.55. The minimum atomic E-state index is -0.446. The van der Waals surface area contributed by atoms with Crippen molar-refractivity contribution >= 4 is 17.5 Å². The van der Waals surface area contributed by atoms with E-state index in [-0.39, 0.29) is 11.6 Å². The Morgan fingerprint density at radius 3 is 2.45 bits per heavy atom. The molecule has 0 saturated carbocycles. The maximum Gasteiger partial charge on any atom is 0.332 e. The number of aryl methyl sites for hydroxylation is 1. The molecule has 0 saturated heterocycles. The van der Waals surface area contributed by atoms with Crippen LogP contribution < -0.4 is 10.6 Å². The molecule has 0 atom stereocenters. The third kappa shape index (κ3) is 4.02. The predicted molar refractivity (Wildman–Crippen MR) is 78.9 cm³/mol. The molecule has 0 amide bonds. The van der Waals surface area contributed by atoms with E-state index in [0.717, 1.165) is 13.0 Å². The molecule has 1 heterocycles. The Morgan fingerprint density at radius 1 is 1.30 bits per heavy atom. The summed E-state index contributed by atoms with van der Waals surface area (Å²) in [7, 11) is 3.98. The fourth-order valence-electron chi connectivity index (χ4n) is 2.00. The minimum absolute atomic E-state index is 0.0640. The van der Waals surface area contributed by atoms with E-state index in [1.807, 2.05) is 25.9 Å². The highest BCUT2D eigenvalue weighted by atomic mass is 16.6. The van der Waals surface area contributed by atoms with E-state index in [4.69, 9.17) is 5.73 Å². The van der Waals surface area contributed by atoms with Gasteiger partial charge in [0.25, 0.3) is 0 Å². The van der Waals surface area contributed by atoms with Crippen LogP contribution in [-0.2, 0) is 0 Å². The number of hydrogen-bond donors (Lipinski definition) is 1. The summed E-state index contributed by atoms with van der Waals surface area (Å²) in [6, 6.07) is 0. The molecule has 0 aliphatic carbocycles. The number of nitrogen functional groups attached to an aromatic ring is 1. The molecular weight excluding hydrogens is 260 g/mol. The third-order valence-corrected chi connectivity index (χ3v) is 2.95. The Bertz CT molecular complexity index is 477. The molecule has 0 aliphatic rings. The van der Waals surface area contributed by atoms with Gasteiger partial charge in [-0.3, -0.25) is 10.1 Å². The zero-order valence-corrected chi connectivity index (χ0v) is 12.5. The van der Waals surface area contributed by atoms with Crippen molar-refractivity contribution in [3.8, 4) is 0 Å². The molecule has 0 fully saturated rings. The zero-order valence-electron chi connectivity index (χ0n) is 12.5. The summed E-state index contributed by atoms with van der Waals surface area (Å²) in [5, 5.41) is 11.2. The molecule has 0 radical (unpaired) electrons. The molecule has 1 aromatic heterocycles. The number of anilines is 2. The summed E-state index contributed by atoms with van der Waals surface area (Å²) >= 11 is 0. The molecule has 8 heteroatoms. The average molecular weight is 282 g/mol. The standard InChI is InChI=1S/C12H22N6O2/c1-5-17(8-6-7-16(3)4)11-10(18(19)20)9(2)14-12(13)15-11/h5-8H2,1-4H3,(H2,13,14,15). The van der Waals surface area contributed by atoms with Crippen molar-refractivity contribution in [2.45, 2.75) is 20.3 Å². The highest BCUT2D eigenvalue weighted by Crippen LogP contribution is 2.29. The number of hydrogen-bond acceptors (Lipinski definition) is 7. The van der Waals surface area contributed by atoms with Gasteiger partial charge in [0.15, 0.2) is 0 Å². The van der Waals surface area contributed by atoms with Gasteiger partial charge in [-0.25, -0.2) is 4.98 Å². The van der Waals surface area contributed by atoms with Crippen molar-refractivity contribution in [1.29, 1.82) is 0 Å². The summed E-state index contributed by atoms with van der Waals surface area (Å²) in [4.78, 5) is 22.6. The lowest BCUT2D eigenvalue weighted by molar-refractivity contribution is -0.385. The maximum absolute atomic E-state index is 11.2. The molecule has 0 unspecified atom stereocenters. The Morgan fingerprint density at radius 2 is 1.95 bits per heavy atom. The van der Waals surface area contributed by atoms with Crippen molar-refractivity contribution in [3.05, 3.63) is 15.8 Å². The van der Waals surface area contributed by atoms with Crippen LogP contribution in [0.2, 0.25) is 0 Å². The van der Waals surface area contributed by atoms with E-state index < -0.39 is 4.92 Å². The molecule has 1 aromatic rings. The van der Waals surface area contributed by atoms with Crippen molar-refractivity contribution in [1.82, 2.24) is 14.9 Å². The third-order valence-electron chi connectivity index (χ3n) is 2.95. The van der Waals surface area contributed by atoms with Gasteiger partial charge in [0.1, 0.15) is 5.69 Å². The second kappa shape index (κ2) is 6.99. The molecule has 0 aliphatic heterocycles. The lowest BCUT2D eigenvalue weighted by Gasteiger charge is -2.23. The molecule has 0 spiro atoms. The molecule has 112 valence electrons. The lowest BCUT2D eigenvalue weighted by atomic mass is 10.3. The Labute approximate surface area is 118 Å². The van der Waals surface area contributed by atoms with E-state index in [9.17, 15) is 10.1 Å². The Kier molecular flexibility index (Phi) is 5.63. The van der Waals surface area contributed by atoms with Gasteiger partial charge in [-0.05, 0) is 40.9 Å². The van der Waals surface area contributed by atoms with Crippen LogP contribution in [0.4, 0.5) is 17.5 Å². The van der Waals surface area contributed by atoms with Crippen LogP contribution in [0.1, 0.15) is 19.0 Å². The van der Waals surface area contributed by atoms with Gasteiger partial charge >= 0.3 is 5.69 Å². The number of nitrogens with zero attached hydrogens (tertiary/aromatic N) is 5. The van der Waals surface area contributed by atoms with Crippen LogP contribution in [0.3, 0.4) is 0 Å². The summed E-state index contributed by atoms with van der Waals surface area (Å²) in [5.74, 6) is 0.371. The van der Waals surface area contributed by atoms with Gasteiger partial charge in [0, 0.05) is 13.1 Å². The number of nitrogens with two attached hydrogens (primary N) is 1. The first-order valence-electron chi connectivity index (χ1n) is 6.55. The molecule has 8 nitrogen and oxygen atoms in total. The van der Waals surface area contributed by atoms with Gasteiger partial charge < -0.3 is 15.5 Å². The van der Waals surface area contributed by atoms with E-state index in [0.29, 0.717) is 24.6 Å². The zero-order chi connectivity index (χ0) is 15.3. The van der Waals surface area contributed by atoms with Crippen LogP contribution in [0.5, 0.6) is 0 Å². The normalized spacial score (nSPS) is 10.8. The SMILES string of the molecule is CCN(CCCN(C)C)c1nc(N)nc(C)c1[N+](=O)[O-]. The summed E-state index contributed by atoms with van der Waals surface area (Å²) < 4.78 is 0. The molecular formula is C12H22N6O2. The molecule has 0 aromatic carbocycles. The second-order valence-corrected chi connectivity index (χ2v) is 4.83. The summed E-state index contributed by atoms with van der Waals surface area (Å²) in [6.45, 7) is 5.74. The minimum Gasteiger partial charge on any atom is -0.368 e. The number of rotatable bonds is 7. The Balaban J connectivity index is 3.04. The van der Waals surface area contributed by atoms with E-state index in [1.54, 1.807) is 6.92 Å². The first kappa shape index (κ1) is 16.1. The van der Waals surface area contributed by atoms with E-state index in [1.165, 1.54) is 0 Å². The highest BCUT2D eigenvalue weighted by molar-refractivity contribution is 5.61. The summed E-state index contributed by atoms with van der Waals surface area (Å²) in [6.07, 6.45) is 0.890. The van der Waals surface area contributed by atoms with Gasteiger partial charge in [-0.2, -0.15) is 4.98 Å². The monoisotopic (exact) mass is 282 g/mol. The van der Waals surface area contributed by atoms with Crippen LogP contribution >= 0.6 is 0 Å². The van der Waals surface area contributed by atoms with Gasteiger partial charge in [0.05, 0.1) is 4.92 Å². The van der Waals surface area contributed by atoms with E-state index in [2.05, 4.69) is 14.9 Å². The number of aromatic nitrogens is 2. The quantitative estimate of drug-likeness (QED) is 0.589. The first-order chi connectivity index (χ1) is 9.36. The molecule has 20 heavy (non-hydrogen) atoms. The van der Waals surface area contributed by atoms with Crippen molar-refractivity contribution in [2.24, 2.45) is 0 Å². The lowest BCUT2D eigenvalue weighted by Crippen LogP contribution is -2.29. The largest absolute Gasteiger partial charge is 0.368 e. The van der Waals surface area contributed by atoms with Crippen LogP contribution in [0.15, 0.2) is 0 Å². The highest BCUT2D eigenvalue weighted by Gasteiger charge is 2.25. The molecule has 2 N–H and O–H groups in total. The topological polar surface area (TPSA) is 101 Å². The van der Waals surface area contributed by atoms with Crippen molar-refractivity contribution < 1.29 is 4.92 Å². The fourth-order valence-corrected chi connectivity index (χ4v) is 2.00. The van der Waals surface area contributed by atoms with Gasteiger partial charge in [-0.15, -0.1) is 0 Å². The van der Waals surface area contributed by atoms with Crippen LogP contribution in [0.25, 0.3) is 0 Å². The Hall–Kier alpha value is -1.96. The van der Waals surface area contributed by atoms with Crippen molar-refractivity contribution in [3.63, 3.8) is 0 Å². The van der Waals surface area contributed by atoms with E-state index >= 15 is 0 Å². The average Bonchev–Trinajstić information content (AvgIpc) is 2.32. The van der Waals surface area contributed by atoms with Crippen LogP contribution in [0, 0.1) is 17.0 Å². The smallest absolute Gasteiger partial charge is 0.332 e. The second-order valence-electron chi connectivity index (χ2n) is 4.83. The maximum atomic E-state index is 11.2. The predicted octanol–water partition coefficient (Wildman–Crippen LogP) is 1.05. The number of nitro groups is 1. The van der Waals surface area contributed by atoms with Gasteiger partial charge in [0.2, 0.25) is 11.8 Å². The summed E-state index contributed by atoms with van der Waals surface area (Å²) in [5.41, 5.74) is 5.85. The fraction of sp³-hybridized carbons (Fsp3) is 0.667. The van der Waals surface area contributed by atoms with Crippen LogP contribution in [-0.4, -0.2) is 53.5 Å². The van der Waals surface area contributed by atoms with Gasteiger partial charge in [-0.1, -0.05) is 0 Å². The molecule has 0 bridgehead atoms. The molecule has 1 rings (SSSR count). The van der Waals surface area contributed by atoms with Crippen molar-refractivity contribution in [2.75, 3.05) is 44.4 Å².